The van der Waals surface area contributed by atoms with Gasteiger partial charge in [-0.2, -0.15) is 0 Å². The highest BCUT2D eigenvalue weighted by molar-refractivity contribution is 6.30. The van der Waals surface area contributed by atoms with Crippen LogP contribution in [-0.2, 0) is 0 Å². The van der Waals surface area contributed by atoms with Gasteiger partial charge in [0.2, 0.25) is 0 Å². The van der Waals surface area contributed by atoms with Crippen molar-refractivity contribution in [1.29, 1.82) is 0 Å². The Balaban J connectivity index is 1.88. The Hall–Kier alpha value is -0.840. The number of likely N-dealkylation sites (tertiary alicyclic amines) is 1. The smallest absolute Gasteiger partial charge is 0.133 e. The molecule has 2 saturated heterocycles. The Kier molecular flexibility index (Phi) is 5.78. The van der Waals surface area contributed by atoms with Crippen molar-refractivity contribution in [2.75, 3.05) is 26.2 Å². The number of aliphatic imine (C=N–C) groups is 1. The quantitative estimate of drug-likeness (QED) is 0.471. The van der Waals surface area contributed by atoms with Gasteiger partial charge >= 0.3 is 0 Å². The number of rotatable bonds is 4. The average Bonchev–Trinajstić information content (AvgIpc) is 2.89. The number of hydrogen-bond acceptors (Lipinski definition) is 3. The maximum Gasteiger partial charge on any atom is 0.133 e. The summed E-state index contributed by atoms with van der Waals surface area (Å²) in [5.41, 5.74) is 2.80. The van der Waals surface area contributed by atoms with E-state index < -0.39 is 0 Å². The lowest BCUT2D eigenvalue weighted by atomic mass is 10.00. The first kappa shape index (κ1) is 17.0. The van der Waals surface area contributed by atoms with Gasteiger partial charge in [-0.05, 0) is 50.8 Å². The molecule has 0 aliphatic carbocycles. The summed E-state index contributed by atoms with van der Waals surface area (Å²) in [5, 5.41) is 7.80. The van der Waals surface area contributed by atoms with E-state index in [-0.39, 0.29) is 0 Å². The van der Waals surface area contributed by atoms with Crippen molar-refractivity contribution in [3.8, 4) is 0 Å². The zero-order chi connectivity index (χ0) is 16.2. The van der Waals surface area contributed by atoms with Crippen molar-refractivity contribution >= 4 is 17.4 Å². The lowest BCUT2D eigenvalue weighted by Gasteiger charge is -2.37. The van der Waals surface area contributed by atoms with Crippen LogP contribution in [0.2, 0.25) is 0 Å². The summed E-state index contributed by atoms with van der Waals surface area (Å²) < 4.78 is 0. The number of fused-ring (bicyclic) bond motifs is 2. The van der Waals surface area contributed by atoms with Gasteiger partial charge in [0.05, 0.1) is 0 Å². The third kappa shape index (κ3) is 4.17. The molecule has 128 valence electrons. The fraction of sp³-hybridized carbons (Fsp3) is 0.722. The molecule has 3 rings (SSSR count). The molecule has 3 aliphatic rings. The Bertz CT molecular complexity index is 511. The van der Waals surface area contributed by atoms with E-state index in [0.717, 1.165) is 51.3 Å². The van der Waals surface area contributed by atoms with Crippen molar-refractivity contribution in [3.63, 3.8) is 0 Å². The van der Waals surface area contributed by atoms with Crippen LogP contribution in [0.5, 0.6) is 0 Å². The van der Waals surface area contributed by atoms with Gasteiger partial charge in [-0.3, -0.25) is 0 Å². The summed E-state index contributed by atoms with van der Waals surface area (Å²) in [6.45, 7) is 8.48. The summed E-state index contributed by atoms with van der Waals surface area (Å²) in [5.74, 6) is 1.12. The zero-order valence-electron chi connectivity index (χ0n) is 14.4. The van der Waals surface area contributed by atoms with Crippen LogP contribution >= 0.6 is 11.6 Å². The number of amidine groups is 1. The normalized spacial score (nSPS) is 29.4. The van der Waals surface area contributed by atoms with E-state index in [4.69, 9.17) is 16.6 Å². The molecule has 0 saturated carbocycles. The molecular formula is C18H29ClN4. The predicted octanol–water partition coefficient (Wildman–Crippen LogP) is 3.01. The summed E-state index contributed by atoms with van der Waals surface area (Å²) in [4.78, 5) is 7.34. The molecule has 5 heteroatoms. The number of unbranched alkanes of at least 4 members (excludes halogenated alkanes) is 1. The van der Waals surface area contributed by atoms with E-state index >= 15 is 0 Å². The second kappa shape index (κ2) is 7.82. The van der Waals surface area contributed by atoms with Crippen LogP contribution in [0.4, 0.5) is 0 Å². The van der Waals surface area contributed by atoms with Gasteiger partial charge in [-0.1, -0.05) is 30.5 Å². The SMILES string of the molecule is CCC/C=C(Cl)/N=C(\C1=C(C)CNCC1)N1CC2CCC(C1)N2. The van der Waals surface area contributed by atoms with Crippen LogP contribution in [0.3, 0.4) is 0 Å². The van der Waals surface area contributed by atoms with Crippen molar-refractivity contribution in [2.24, 2.45) is 4.99 Å². The molecule has 2 bridgehead atoms. The maximum atomic E-state index is 6.42. The molecule has 0 aromatic rings. The summed E-state index contributed by atoms with van der Waals surface area (Å²) in [6, 6.07) is 1.22. The van der Waals surface area contributed by atoms with Crippen LogP contribution in [0.15, 0.2) is 27.4 Å². The summed E-state index contributed by atoms with van der Waals surface area (Å²) >= 11 is 6.42. The lowest BCUT2D eigenvalue weighted by molar-refractivity contribution is 0.288. The monoisotopic (exact) mass is 336 g/mol. The lowest BCUT2D eigenvalue weighted by Crippen LogP contribution is -2.53. The fourth-order valence-corrected chi connectivity index (χ4v) is 4.01. The fourth-order valence-electron chi connectivity index (χ4n) is 3.82. The maximum absolute atomic E-state index is 6.42. The molecule has 0 aromatic carbocycles. The molecule has 4 nitrogen and oxygen atoms in total. The van der Waals surface area contributed by atoms with E-state index in [9.17, 15) is 0 Å². The van der Waals surface area contributed by atoms with Gasteiger partial charge in [-0.15, -0.1) is 0 Å². The number of hydrogen-bond donors (Lipinski definition) is 2. The van der Waals surface area contributed by atoms with Gasteiger partial charge < -0.3 is 15.5 Å². The number of nitrogens with zero attached hydrogens (tertiary/aromatic N) is 2. The largest absolute Gasteiger partial charge is 0.353 e. The molecule has 0 spiro atoms. The minimum Gasteiger partial charge on any atom is -0.353 e. The number of piperazine rings is 1. The third-order valence-corrected chi connectivity index (χ3v) is 5.30. The van der Waals surface area contributed by atoms with Crippen molar-refractivity contribution < 1.29 is 0 Å². The van der Waals surface area contributed by atoms with E-state index in [1.807, 2.05) is 0 Å². The second-order valence-corrected chi connectivity index (χ2v) is 7.37. The van der Waals surface area contributed by atoms with Crippen LogP contribution in [-0.4, -0.2) is 49.0 Å². The van der Waals surface area contributed by atoms with Crippen LogP contribution in [0.25, 0.3) is 0 Å². The van der Waals surface area contributed by atoms with Gasteiger partial charge in [-0.25, -0.2) is 4.99 Å². The molecule has 0 aromatic heterocycles. The highest BCUT2D eigenvalue weighted by Gasteiger charge is 2.34. The van der Waals surface area contributed by atoms with Crippen LogP contribution < -0.4 is 10.6 Å². The third-order valence-electron chi connectivity index (χ3n) is 5.06. The molecule has 3 heterocycles. The zero-order valence-corrected chi connectivity index (χ0v) is 15.1. The molecule has 2 N–H and O–H groups in total. The molecule has 2 unspecified atom stereocenters. The number of halogens is 1. The highest BCUT2D eigenvalue weighted by Crippen LogP contribution is 2.25. The van der Waals surface area contributed by atoms with E-state index in [0.29, 0.717) is 17.2 Å². The first-order valence-corrected chi connectivity index (χ1v) is 9.40. The average molecular weight is 337 g/mol. The minimum absolute atomic E-state index is 0.611. The van der Waals surface area contributed by atoms with Crippen molar-refractivity contribution in [2.45, 2.75) is 58.0 Å². The van der Waals surface area contributed by atoms with Gasteiger partial charge in [0.25, 0.3) is 0 Å². The molecule has 2 fully saturated rings. The highest BCUT2D eigenvalue weighted by atomic mass is 35.5. The molecule has 3 aliphatic heterocycles. The van der Waals surface area contributed by atoms with Crippen molar-refractivity contribution in [1.82, 2.24) is 15.5 Å². The van der Waals surface area contributed by atoms with E-state index in [1.54, 1.807) is 0 Å². The molecule has 23 heavy (non-hydrogen) atoms. The summed E-state index contributed by atoms with van der Waals surface area (Å²) in [6.07, 6.45) is 7.75. The minimum atomic E-state index is 0.611. The number of allylic oxidation sites excluding steroid dienone is 1. The van der Waals surface area contributed by atoms with Crippen LogP contribution in [0.1, 0.15) is 46.0 Å². The Morgan fingerprint density at radius 3 is 2.74 bits per heavy atom. The summed E-state index contributed by atoms with van der Waals surface area (Å²) in [7, 11) is 0. The van der Waals surface area contributed by atoms with Crippen molar-refractivity contribution in [3.05, 3.63) is 22.4 Å². The number of nitrogens with one attached hydrogen (secondary N) is 2. The molecular weight excluding hydrogens is 308 g/mol. The van der Waals surface area contributed by atoms with Crippen LogP contribution in [0, 0.1) is 0 Å². The van der Waals surface area contributed by atoms with Gasteiger partial charge in [0, 0.05) is 31.7 Å². The molecule has 2 atom stereocenters. The van der Waals surface area contributed by atoms with E-state index in [1.165, 1.54) is 24.0 Å². The first-order chi connectivity index (χ1) is 11.2. The van der Waals surface area contributed by atoms with E-state index in [2.05, 4.69) is 35.5 Å². The predicted molar refractivity (Wildman–Crippen MR) is 98.0 cm³/mol. The topological polar surface area (TPSA) is 39.7 Å². The molecule has 0 amide bonds. The second-order valence-electron chi connectivity index (χ2n) is 6.98. The first-order valence-electron chi connectivity index (χ1n) is 9.02. The van der Waals surface area contributed by atoms with Gasteiger partial charge in [0.1, 0.15) is 11.0 Å². The Morgan fingerprint density at radius 1 is 1.35 bits per heavy atom. The molecule has 0 radical (unpaired) electrons. The van der Waals surface area contributed by atoms with Gasteiger partial charge in [0.15, 0.2) is 0 Å². The standard InChI is InChI=1S/C18H29ClN4/c1-3-4-5-17(19)22-18(16-8-9-20-10-13(16)2)23-11-14-6-7-15(12-23)21-14/h5,14-15,20-21H,3-4,6-12H2,1-2H3/b17-5+,22-18+. The Morgan fingerprint density at radius 2 is 2.09 bits per heavy atom. The Labute approximate surface area is 145 Å².